The van der Waals surface area contributed by atoms with Crippen molar-refractivity contribution in [2.24, 2.45) is 5.73 Å². The van der Waals surface area contributed by atoms with E-state index in [9.17, 15) is 4.79 Å². The maximum Gasteiger partial charge on any atom is 0.325 e. The highest BCUT2D eigenvalue weighted by atomic mass is 16.5. The minimum atomic E-state index is -0.979. The van der Waals surface area contributed by atoms with E-state index in [0.29, 0.717) is 26.2 Å². The Kier molecular flexibility index (Phi) is 7.43. The Balaban J connectivity index is 3.81. The molecule has 0 aromatic rings. The number of ether oxygens (including phenoxy) is 3. The van der Waals surface area contributed by atoms with Gasteiger partial charge in [-0.2, -0.15) is 0 Å². The Morgan fingerprint density at radius 2 is 1.72 bits per heavy atom. The molecule has 0 saturated heterocycles. The van der Waals surface area contributed by atoms with Crippen molar-refractivity contribution in [2.45, 2.75) is 51.7 Å². The number of nitrogens with two attached hydrogens (primary N) is 1. The molecule has 108 valence electrons. The average Bonchev–Trinajstić information content (AvgIpc) is 2.28. The van der Waals surface area contributed by atoms with Gasteiger partial charge < -0.3 is 19.9 Å². The number of rotatable bonds is 9. The highest BCUT2D eigenvalue weighted by Crippen LogP contribution is 2.13. The molecule has 0 aliphatic rings. The standard InChI is InChI=1S/C13H27NO4/c1-6-18-11(15)13(4,14)8-10-17-9-7-12(2,3)16-5/h6-10,14H2,1-5H3. The maximum atomic E-state index is 11.5. The van der Waals surface area contributed by atoms with Crippen LogP contribution in [0.5, 0.6) is 0 Å². The highest BCUT2D eigenvalue weighted by molar-refractivity contribution is 5.79. The van der Waals surface area contributed by atoms with Gasteiger partial charge in [0.15, 0.2) is 0 Å². The maximum absolute atomic E-state index is 11.5. The van der Waals surface area contributed by atoms with Gasteiger partial charge in [0.05, 0.1) is 12.2 Å². The van der Waals surface area contributed by atoms with Crippen LogP contribution in [0.25, 0.3) is 0 Å². The van der Waals surface area contributed by atoms with Crippen LogP contribution in [0.4, 0.5) is 0 Å². The lowest BCUT2D eigenvalue weighted by Crippen LogP contribution is -2.47. The van der Waals surface area contributed by atoms with Crippen molar-refractivity contribution >= 4 is 5.97 Å². The smallest absolute Gasteiger partial charge is 0.325 e. The molecule has 0 aromatic heterocycles. The first-order valence-electron chi connectivity index (χ1n) is 6.34. The molecule has 0 aromatic carbocycles. The van der Waals surface area contributed by atoms with E-state index in [1.54, 1.807) is 21.0 Å². The van der Waals surface area contributed by atoms with Gasteiger partial charge in [-0.15, -0.1) is 0 Å². The van der Waals surface area contributed by atoms with Crippen LogP contribution in [0.15, 0.2) is 0 Å². The molecular formula is C13H27NO4. The van der Waals surface area contributed by atoms with Crippen molar-refractivity contribution in [1.29, 1.82) is 0 Å². The molecule has 0 aliphatic carbocycles. The molecule has 5 nitrogen and oxygen atoms in total. The first-order chi connectivity index (χ1) is 8.25. The van der Waals surface area contributed by atoms with E-state index in [1.165, 1.54) is 0 Å². The first kappa shape index (κ1) is 17.4. The second kappa shape index (κ2) is 7.71. The molecule has 0 heterocycles. The summed E-state index contributed by atoms with van der Waals surface area (Å²) in [5.41, 5.74) is 4.69. The molecule has 0 fully saturated rings. The van der Waals surface area contributed by atoms with Gasteiger partial charge >= 0.3 is 5.97 Å². The molecule has 18 heavy (non-hydrogen) atoms. The second-order valence-electron chi connectivity index (χ2n) is 5.21. The van der Waals surface area contributed by atoms with E-state index in [1.807, 2.05) is 13.8 Å². The van der Waals surface area contributed by atoms with Crippen LogP contribution in [-0.4, -0.2) is 44.0 Å². The van der Waals surface area contributed by atoms with Crippen LogP contribution in [0.3, 0.4) is 0 Å². The summed E-state index contributed by atoms with van der Waals surface area (Å²) in [5, 5.41) is 0. The van der Waals surface area contributed by atoms with Crippen molar-refractivity contribution < 1.29 is 19.0 Å². The van der Waals surface area contributed by atoms with Crippen molar-refractivity contribution in [3.63, 3.8) is 0 Å². The Bertz CT molecular complexity index is 251. The molecule has 0 bridgehead atoms. The SMILES string of the molecule is CCOC(=O)C(C)(N)CCOCCC(C)(C)OC. The Morgan fingerprint density at radius 3 is 2.22 bits per heavy atom. The van der Waals surface area contributed by atoms with Crippen LogP contribution in [0.2, 0.25) is 0 Å². The van der Waals surface area contributed by atoms with Crippen LogP contribution in [0, 0.1) is 0 Å². The predicted octanol–water partition coefficient (Wildman–Crippen LogP) is 1.49. The first-order valence-corrected chi connectivity index (χ1v) is 6.34. The van der Waals surface area contributed by atoms with E-state index in [-0.39, 0.29) is 11.6 Å². The molecule has 2 N–H and O–H groups in total. The lowest BCUT2D eigenvalue weighted by Gasteiger charge is -2.24. The number of hydrogen-bond acceptors (Lipinski definition) is 5. The summed E-state index contributed by atoms with van der Waals surface area (Å²) in [6, 6.07) is 0. The zero-order valence-electron chi connectivity index (χ0n) is 12.2. The van der Waals surface area contributed by atoms with Crippen LogP contribution in [-0.2, 0) is 19.0 Å². The van der Waals surface area contributed by atoms with E-state index in [0.717, 1.165) is 6.42 Å². The Hall–Kier alpha value is -0.650. The molecule has 1 unspecified atom stereocenters. The van der Waals surface area contributed by atoms with E-state index in [4.69, 9.17) is 19.9 Å². The Morgan fingerprint density at radius 1 is 1.17 bits per heavy atom. The molecule has 5 heteroatoms. The van der Waals surface area contributed by atoms with Gasteiger partial charge in [0.25, 0.3) is 0 Å². The largest absolute Gasteiger partial charge is 0.465 e. The molecule has 0 spiro atoms. The van der Waals surface area contributed by atoms with Gasteiger partial charge in [0.2, 0.25) is 0 Å². The topological polar surface area (TPSA) is 70.8 Å². The summed E-state index contributed by atoms with van der Waals surface area (Å²) in [7, 11) is 1.68. The normalized spacial score (nSPS) is 15.2. The van der Waals surface area contributed by atoms with Gasteiger partial charge in [-0.1, -0.05) is 0 Å². The third kappa shape index (κ3) is 6.93. The fourth-order valence-electron chi connectivity index (χ4n) is 1.20. The van der Waals surface area contributed by atoms with Crippen LogP contribution in [0.1, 0.15) is 40.5 Å². The third-order valence-corrected chi connectivity index (χ3v) is 2.91. The summed E-state index contributed by atoms with van der Waals surface area (Å²) in [4.78, 5) is 11.5. The fourth-order valence-corrected chi connectivity index (χ4v) is 1.20. The minimum absolute atomic E-state index is 0.187. The lowest BCUT2D eigenvalue weighted by atomic mass is 10.0. The van der Waals surface area contributed by atoms with E-state index < -0.39 is 5.54 Å². The molecule has 0 saturated carbocycles. The monoisotopic (exact) mass is 261 g/mol. The van der Waals surface area contributed by atoms with Gasteiger partial charge in [0, 0.05) is 20.3 Å². The average molecular weight is 261 g/mol. The molecule has 0 rings (SSSR count). The van der Waals surface area contributed by atoms with Crippen molar-refractivity contribution in [3.8, 4) is 0 Å². The zero-order valence-corrected chi connectivity index (χ0v) is 12.2. The van der Waals surface area contributed by atoms with Gasteiger partial charge in [0.1, 0.15) is 5.54 Å². The molecule has 1 atom stereocenters. The predicted molar refractivity (Wildman–Crippen MR) is 70.4 cm³/mol. The van der Waals surface area contributed by atoms with Crippen LogP contribution < -0.4 is 5.73 Å². The van der Waals surface area contributed by atoms with Crippen molar-refractivity contribution in [3.05, 3.63) is 0 Å². The van der Waals surface area contributed by atoms with Crippen LogP contribution >= 0.6 is 0 Å². The second-order valence-corrected chi connectivity index (χ2v) is 5.21. The third-order valence-electron chi connectivity index (χ3n) is 2.91. The van der Waals surface area contributed by atoms with Crippen molar-refractivity contribution in [2.75, 3.05) is 26.9 Å². The summed E-state index contributed by atoms with van der Waals surface area (Å²) < 4.78 is 15.6. The summed E-state index contributed by atoms with van der Waals surface area (Å²) in [6.45, 7) is 8.79. The summed E-state index contributed by atoms with van der Waals surface area (Å²) in [5.74, 6) is -0.383. The number of hydrogen-bond donors (Lipinski definition) is 1. The number of carbonyl (C=O) groups excluding carboxylic acids is 1. The van der Waals surface area contributed by atoms with E-state index in [2.05, 4.69) is 0 Å². The highest BCUT2D eigenvalue weighted by Gasteiger charge is 2.29. The number of carbonyl (C=O) groups is 1. The minimum Gasteiger partial charge on any atom is -0.465 e. The zero-order chi connectivity index (χ0) is 14.2. The summed E-state index contributed by atoms with van der Waals surface area (Å²) in [6.07, 6.45) is 1.24. The molecular weight excluding hydrogens is 234 g/mol. The van der Waals surface area contributed by atoms with Gasteiger partial charge in [-0.25, -0.2) is 0 Å². The van der Waals surface area contributed by atoms with Gasteiger partial charge in [-0.05, 0) is 40.5 Å². The lowest BCUT2D eigenvalue weighted by molar-refractivity contribution is -0.149. The number of methoxy groups -OCH3 is 1. The molecule has 0 amide bonds. The fraction of sp³-hybridized carbons (Fsp3) is 0.923. The van der Waals surface area contributed by atoms with E-state index >= 15 is 0 Å². The van der Waals surface area contributed by atoms with Gasteiger partial charge in [-0.3, -0.25) is 4.79 Å². The summed E-state index contributed by atoms with van der Waals surface area (Å²) >= 11 is 0. The van der Waals surface area contributed by atoms with Crippen molar-refractivity contribution in [1.82, 2.24) is 0 Å². The molecule has 0 radical (unpaired) electrons. The quantitative estimate of drug-likeness (QED) is 0.503. The number of esters is 1. The Labute approximate surface area is 110 Å². The molecule has 0 aliphatic heterocycles.